The van der Waals surface area contributed by atoms with E-state index in [0.717, 1.165) is 43.3 Å². The van der Waals surface area contributed by atoms with Gasteiger partial charge in [-0.25, -0.2) is 9.59 Å². The number of alkyl halides is 1. The van der Waals surface area contributed by atoms with Crippen molar-refractivity contribution in [3.8, 4) is 11.8 Å². The van der Waals surface area contributed by atoms with E-state index in [0.29, 0.717) is 51.0 Å². The van der Waals surface area contributed by atoms with Gasteiger partial charge in [-0.2, -0.15) is 5.26 Å². The minimum atomic E-state index is -0.792. The van der Waals surface area contributed by atoms with E-state index >= 15 is 0 Å². The van der Waals surface area contributed by atoms with E-state index in [1.165, 1.54) is 11.6 Å². The topological polar surface area (TPSA) is 107 Å². The van der Waals surface area contributed by atoms with Crippen molar-refractivity contribution in [3.05, 3.63) is 77.9 Å². The lowest BCUT2D eigenvalue weighted by Gasteiger charge is -2.24. The van der Waals surface area contributed by atoms with E-state index in [4.69, 9.17) is 35.3 Å². The first-order valence-electron chi connectivity index (χ1n) is 14.3. The van der Waals surface area contributed by atoms with Gasteiger partial charge in [0.25, 0.3) is 0 Å². The minimum absolute atomic E-state index is 0.119. The maximum Gasteiger partial charge on any atom is 0.349 e. The van der Waals surface area contributed by atoms with Crippen LogP contribution in [-0.4, -0.2) is 77.2 Å². The van der Waals surface area contributed by atoms with E-state index in [-0.39, 0.29) is 18.8 Å². The average Bonchev–Trinajstić information content (AvgIpc) is 3.02. The summed E-state index contributed by atoms with van der Waals surface area (Å²) in [7, 11) is 0. The summed E-state index contributed by atoms with van der Waals surface area (Å²) in [5.74, 6) is -0.0514. The fourth-order valence-electron chi connectivity index (χ4n) is 3.78. The Bertz CT molecular complexity index is 1180. The van der Waals surface area contributed by atoms with Crippen molar-refractivity contribution >= 4 is 35.3 Å². The molecule has 0 saturated heterocycles. The molecule has 0 aliphatic heterocycles. The van der Waals surface area contributed by atoms with Crippen LogP contribution in [0.25, 0.3) is 6.08 Å². The molecule has 232 valence electrons. The first-order valence-corrected chi connectivity index (χ1v) is 14.8. The Hall–Kier alpha value is -3.84. The van der Waals surface area contributed by atoms with Crippen LogP contribution in [0.1, 0.15) is 30.4 Å². The van der Waals surface area contributed by atoms with Gasteiger partial charge in [0.1, 0.15) is 30.6 Å². The molecule has 9 nitrogen and oxygen atoms in total. The van der Waals surface area contributed by atoms with Gasteiger partial charge in [-0.15, -0.1) is 11.6 Å². The number of halogens is 1. The average molecular weight is 613 g/mol. The lowest BCUT2D eigenvalue weighted by atomic mass is 10.1. The van der Waals surface area contributed by atoms with Gasteiger partial charge in [0, 0.05) is 63.6 Å². The summed E-state index contributed by atoms with van der Waals surface area (Å²) in [5.41, 5.74) is 2.70. The van der Waals surface area contributed by atoms with Crippen molar-refractivity contribution in [1.82, 2.24) is 0 Å². The summed E-state index contributed by atoms with van der Waals surface area (Å²) in [6.45, 7) is 9.70. The molecule has 10 heteroatoms. The Kier molecular flexibility index (Phi) is 17.9. The van der Waals surface area contributed by atoms with Gasteiger partial charge < -0.3 is 28.6 Å². The highest BCUT2D eigenvalue weighted by molar-refractivity contribution is 6.18. The van der Waals surface area contributed by atoms with Crippen LogP contribution in [-0.2, 0) is 28.5 Å². The van der Waals surface area contributed by atoms with Crippen LogP contribution >= 0.6 is 11.6 Å². The standard InChI is InChI=1S/C33H41ClN2O7/c1-3-32(37)42-23-24-43-33(38)29(26-35)25-28-9-11-30(12-10-28)36(17-15-34)16-4-18-39-19-5-20-40-21-6-22-41-31-13-7-27(2)8-14-31/h3,7-14,25H,1,4-6,15-24H2,2H3/b29-25+. The predicted octanol–water partition coefficient (Wildman–Crippen LogP) is 5.50. The van der Waals surface area contributed by atoms with Gasteiger partial charge in [0.05, 0.1) is 6.61 Å². The molecule has 2 aromatic rings. The zero-order valence-corrected chi connectivity index (χ0v) is 25.6. The van der Waals surface area contributed by atoms with Gasteiger partial charge in [0.2, 0.25) is 0 Å². The Labute approximate surface area is 259 Å². The maximum absolute atomic E-state index is 12.2. The van der Waals surface area contributed by atoms with Crippen LogP contribution in [0.2, 0.25) is 0 Å². The van der Waals surface area contributed by atoms with Crippen LogP contribution in [0, 0.1) is 18.3 Å². The Morgan fingerprint density at radius 3 is 2.12 bits per heavy atom. The van der Waals surface area contributed by atoms with E-state index in [1.54, 1.807) is 0 Å². The smallest absolute Gasteiger partial charge is 0.349 e. The number of benzene rings is 2. The van der Waals surface area contributed by atoms with E-state index in [9.17, 15) is 14.9 Å². The Morgan fingerprint density at radius 1 is 0.860 bits per heavy atom. The molecule has 0 N–H and O–H groups in total. The molecule has 0 amide bonds. The molecule has 2 aromatic carbocycles. The number of nitrogens with zero attached hydrogens (tertiary/aromatic N) is 2. The second-order valence-corrected chi connectivity index (χ2v) is 9.77. The minimum Gasteiger partial charge on any atom is -0.494 e. The number of ether oxygens (including phenoxy) is 5. The van der Waals surface area contributed by atoms with Crippen molar-refractivity contribution in [2.24, 2.45) is 0 Å². The molecule has 43 heavy (non-hydrogen) atoms. The van der Waals surface area contributed by atoms with E-state index in [1.807, 2.05) is 54.6 Å². The Balaban J connectivity index is 1.63. The van der Waals surface area contributed by atoms with Crippen LogP contribution in [0.4, 0.5) is 5.69 Å². The number of nitriles is 1. The lowest BCUT2D eigenvalue weighted by Crippen LogP contribution is -2.27. The second kappa shape index (κ2) is 21.8. The van der Waals surface area contributed by atoms with Gasteiger partial charge in [0.15, 0.2) is 0 Å². The zero-order valence-electron chi connectivity index (χ0n) is 24.8. The molecule has 0 aromatic heterocycles. The van der Waals surface area contributed by atoms with Crippen molar-refractivity contribution in [1.29, 1.82) is 5.26 Å². The number of rotatable bonds is 22. The summed E-state index contributed by atoms with van der Waals surface area (Å²) in [6, 6.07) is 17.3. The fourth-order valence-corrected chi connectivity index (χ4v) is 3.98. The quantitative estimate of drug-likeness (QED) is 0.0560. The van der Waals surface area contributed by atoms with Gasteiger partial charge >= 0.3 is 11.9 Å². The third-order valence-electron chi connectivity index (χ3n) is 6.01. The molecule has 0 spiro atoms. The summed E-state index contributed by atoms with van der Waals surface area (Å²) >= 11 is 6.03. The van der Waals surface area contributed by atoms with Crippen molar-refractivity contribution in [2.75, 3.05) is 70.1 Å². The molecule has 2 rings (SSSR count). The Morgan fingerprint density at radius 2 is 1.49 bits per heavy atom. The SMILES string of the molecule is C=CC(=O)OCCOC(=O)/C(C#N)=C/c1ccc(N(CCCl)CCCOCCCOCCCOc2ccc(C)cc2)cc1. The van der Waals surface area contributed by atoms with E-state index in [2.05, 4.69) is 18.4 Å². The lowest BCUT2D eigenvalue weighted by molar-refractivity contribution is -0.146. The number of esters is 2. The molecule has 0 heterocycles. The van der Waals surface area contributed by atoms with Crippen molar-refractivity contribution in [2.45, 2.75) is 26.2 Å². The molecule has 0 aliphatic rings. The summed E-state index contributed by atoms with van der Waals surface area (Å²) in [4.78, 5) is 25.4. The van der Waals surface area contributed by atoms with Gasteiger partial charge in [-0.1, -0.05) is 36.4 Å². The highest BCUT2D eigenvalue weighted by Crippen LogP contribution is 2.18. The normalized spacial score (nSPS) is 11.0. The number of hydrogen-bond donors (Lipinski definition) is 0. The molecular weight excluding hydrogens is 572 g/mol. The number of carbonyl (C=O) groups is 2. The molecule has 0 bridgehead atoms. The number of anilines is 1. The molecule has 0 unspecified atom stereocenters. The summed E-state index contributed by atoms with van der Waals surface area (Å²) in [5, 5.41) is 9.36. The third kappa shape index (κ3) is 15.3. The monoisotopic (exact) mass is 612 g/mol. The fraction of sp³-hybridized carbons (Fsp3) is 0.424. The van der Waals surface area contributed by atoms with Crippen LogP contribution in [0.15, 0.2) is 66.8 Å². The van der Waals surface area contributed by atoms with Crippen LogP contribution in [0.5, 0.6) is 5.75 Å². The van der Waals surface area contributed by atoms with Crippen molar-refractivity contribution < 1.29 is 33.3 Å². The van der Waals surface area contributed by atoms with Crippen molar-refractivity contribution in [3.63, 3.8) is 0 Å². The predicted molar refractivity (Wildman–Crippen MR) is 167 cm³/mol. The number of hydrogen-bond acceptors (Lipinski definition) is 9. The molecule has 0 atom stereocenters. The molecular formula is C33H41ClN2O7. The highest BCUT2D eigenvalue weighted by Gasteiger charge is 2.12. The number of aryl methyl sites for hydroxylation is 1. The van der Waals surface area contributed by atoms with E-state index < -0.39 is 11.9 Å². The largest absolute Gasteiger partial charge is 0.494 e. The second-order valence-electron chi connectivity index (χ2n) is 9.39. The first-order chi connectivity index (χ1) is 21.0. The molecule has 0 fully saturated rings. The molecule has 0 aliphatic carbocycles. The van der Waals surface area contributed by atoms with Gasteiger partial charge in [-0.05, 0) is 55.7 Å². The van der Waals surface area contributed by atoms with Gasteiger partial charge in [-0.3, -0.25) is 0 Å². The zero-order chi connectivity index (χ0) is 31.1. The third-order valence-corrected chi connectivity index (χ3v) is 6.18. The number of carbonyl (C=O) groups excluding carboxylic acids is 2. The summed E-state index contributed by atoms with van der Waals surface area (Å²) < 4.78 is 26.9. The van der Waals surface area contributed by atoms with Crippen LogP contribution < -0.4 is 9.64 Å². The first kappa shape index (κ1) is 35.4. The highest BCUT2D eigenvalue weighted by atomic mass is 35.5. The molecule has 0 radical (unpaired) electrons. The maximum atomic E-state index is 12.2. The summed E-state index contributed by atoms with van der Waals surface area (Å²) in [6.07, 6.45) is 4.97. The van der Waals surface area contributed by atoms with Crippen LogP contribution in [0.3, 0.4) is 0 Å². The molecule has 0 saturated carbocycles.